The van der Waals surface area contributed by atoms with Gasteiger partial charge in [-0.05, 0) is 31.7 Å². The van der Waals surface area contributed by atoms with Crippen LogP contribution in [0.15, 0.2) is 30.9 Å². The highest BCUT2D eigenvalue weighted by Gasteiger charge is 2.33. The van der Waals surface area contributed by atoms with Crippen molar-refractivity contribution in [2.75, 3.05) is 11.4 Å². The van der Waals surface area contributed by atoms with E-state index in [1.807, 2.05) is 6.07 Å². The number of piperidine rings is 1. The Kier molecular flexibility index (Phi) is 4.24. The monoisotopic (exact) mass is 376 g/mol. The summed E-state index contributed by atoms with van der Waals surface area (Å²) < 4.78 is 40.4. The van der Waals surface area contributed by atoms with E-state index < -0.39 is 11.9 Å². The molecular weight excluding hydrogens is 357 g/mol. The van der Waals surface area contributed by atoms with Gasteiger partial charge in [-0.3, -0.25) is 4.40 Å². The van der Waals surface area contributed by atoms with Gasteiger partial charge < -0.3 is 4.90 Å². The van der Waals surface area contributed by atoms with Gasteiger partial charge in [0.1, 0.15) is 11.5 Å². The van der Waals surface area contributed by atoms with E-state index in [1.165, 1.54) is 17.0 Å². The van der Waals surface area contributed by atoms with E-state index in [4.69, 9.17) is 0 Å². The molecule has 2 atom stereocenters. The van der Waals surface area contributed by atoms with Crippen LogP contribution in [0.1, 0.15) is 32.4 Å². The number of alkyl halides is 3. The summed E-state index contributed by atoms with van der Waals surface area (Å²) in [7, 11) is 0. The van der Waals surface area contributed by atoms with Crippen LogP contribution in [0.4, 0.5) is 19.0 Å². The largest absolute Gasteiger partial charge is 0.434 e. The van der Waals surface area contributed by atoms with Crippen LogP contribution in [-0.4, -0.2) is 36.9 Å². The maximum absolute atomic E-state index is 13.0. The molecule has 1 aliphatic rings. The van der Waals surface area contributed by atoms with Crippen LogP contribution < -0.4 is 4.90 Å². The maximum Gasteiger partial charge on any atom is 0.434 e. The first-order valence-corrected chi connectivity index (χ1v) is 8.85. The molecule has 27 heavy (non-hydrogen) atoms. The van der Waals surface area contributed by atoms with Crippen LogP contribution in [-0.2, 0) is 6.18 Å². The zero-order valence-corrected chi connectivity index (χ0v) is 15.0. The smallest absolute Gasteiger partial charge is 0.354 e. The molecule has 1 saturated heterocycles. The van der Waals surface area contributed by atoms with Crippen LogP contribution in [0, 0.1) is 5.92 Å². The van der Waals surface area contributed by atoms with Crippen molar-refractivity contribution in [3.05, 3.63) is 36.5 Å². The van der Waals surface area contributed by atoms with Gasteiger partial charge in [0.2, 0.25) is 0 Å². The average Bonchev–Trinajstić information content (AvgIpc) is 3.06. The number of hydrogen-bond acceptors (Lipinski definition) is 5. The third-order valence-corrected chi connectivity index (χ3v) is 5.22. The van der Waals surface area contributed by atoms with Gasteiger partial charge in [0.25, 0.3) is 0 Å². The molecule has 1 aliphatic heterocycles. The van der Waals surface area contributed by atoms with Crippen molar-refractivity contribution in [2.45, 2.75) is 38.9 Å². The Balaban J connectivity index is 1.76. The van der Waals surface area contributed by atoms with Gasteiger partial charge in [-0.15, -0.1) is 0 Å². The highest BCUT2D eigenvalue weighted by molar-refractivity contribution is 5.58. The second kappa shape index (κ2) is 6.47. The van der Waals surface area contributed by atoms with Gasteiger partial charge >= 0.3 is 6.18 Å². The van der Waals surface area contributed by atoms with Crippen molar-refractivity contribution in [1.29, 1.82) is 0 Å². The number of anilines is 1. The van der Waals surface area contributed by atoms with Gasteiger partial charge in [0.15, 0.2) is 17.2 Å². The minimum absolute atomic E-state index is 0.312. The van der Waals surface area contributed by atoms with Crippen molar-refractivity contribution in [2.24, 2.45) is 5.92 Å². The zero-order chi connectivity index (χ0) is 19.2. The first-order valence-electron chi connectivity index (χ1n) is 8.85. The van der Waals surface area contributed by atoms with Crippen LogP contribution in [0.25, 0.3) is 17.2 Å². The number of imidazole rings is 1. The molecule has 2 unspecified atom stereocenters. The lowest BCUT2D eigenvalue weighted by Crippen LogP contribution is -2.42. The van der Waals surface area contributed by atoms with Crippen molar-refractivity contribution >= 4 is 11.5 Å². The lowest BCUT2D eigenvalue weighted by molar-refractivity contribution is -0.141. The number of nitrogens with zero attached hydrogens (tertiary/aromatic N) is 6. The highest BCUT2D eigenvalue weighted by atomic mass is 19.4. The SMILES string of the molecule is CC1CCCN(c2ccnc(-c3cnc4cnc(C(F)(F)F)cn34)n2)C1C. The summed E-state index contributed by atoms with van der Waals surface area (Å²) in [5.74, 6) is 1.66. The third-order valence-electron chi connectivity index (χ3n) is 5.22. The summed E-state index contributed by atoms with van der Waals surface area (Å²) in [4.78, 5) is 18.7. The van der Waals surface area contributed by atoms with Crippen molar-refractivity contribution in [1.82, 2.24) is 24.3 Å². The second-order valence-corrected chi connectivity index (χ2v) is 6.93. The van der Waals surface area contributed by atoms with Gasteiger partial charge in [-0.2, -0.15) is 13.2 Å². The summed E-state index contributed by atoms with van der Waals surface area (Å²) in [6.45, 7) is 5.29. The normalized spacial score (nSPS) is 21.0. The van der Waals surface area contributed by atoms with Gasteiger partial charge in [-0.25, -0.2) is 19.9 Å². The van der Waals surface area contributed by atoms with Crippen LogP contribution in [0.3, 0.4) is 0 Å². The van der Waals surface area contributed by atoms with Gasteiger partial charge in [-0.1, -0.05) is 6.92 Å². The van der Waals surface area contributed by atoms with E-state index in [9.17, 15) is 13.2 Å². The molecule has 9 heteroatoms. The average molecular weight is 376 g/mol. The Morgan fingerprint density at radius 3 is 2.70 bits per heavy atom. The molecule has 0 spiro atoms. The summed E-state index contributed by atoms with van der Waals surface area (Å²) in [5.41, 5.74) is -0.270. The molecule has 4 heterocycles. The molecule has 4 rings (SSSR count). The molecule has 0 radical (unpaired) electrons. The standard InChI is InChI=1S/C18H19F3N6/c1-11-4-3-7-26(12(11)2)15-5-6-22-17(25-15)13-8-24-16-9-23-14(10-27(13)16)18(19,20)21/h5-6,8-12H,3-4,7H2,1-2H3. The van der Waals surface area contributed by atoms with E-state index in [-0.39, 0.29) is 0 Å². The predicted molar refractivity (Wildman–Crippen MR) is 94.2 cm³/mol. The molecule has 3 aromatic rings. The fourth-order valence-electron chi connectivity index (χ4n) is 3.49. The number of fused-ring (bicyclic) bond motifs is 1. The maximum atomic E-state index is 13.0. The lowest BCUT2D eigenvalue weighted by Gasteiger charge is -2.38. The van der Waals surface area contributed by atoms with Crippen LogP contribution >= 0.6 is 0 Å². The molecule has 0 amide bonds. The number of rotatable bonds is 2. The molecule has 0 aromatic carbocycles. The van der Waals surface area contributed by atoms with E-state index in [1.54, 1.807) is 6.20 Å². The Bertz CT molecular complexity index is 967. The summed E-state index contributed by atoms with van der Waals surface area (Å²) in [6.07, 6.45) is 2.87. The van der Waals surface area contributed by atoms with Crippen LogP contribution in [0.5, 0.6) is 0 Å². The lowest BCUT2D eigenvalue weighted by atomic mass is 9.92. The summed E-state index contributed by atoms with van der Waals surface area (Å²) in [5, 5.41) is 0. The van der Waals surface area contributed by atoms with E-state index in [2.05, 4.69) is 38.7 Å². The molecular formula is C18H19F3N6. The zero-order valence-electron chi connectivity index (χ0n) is 15.0. The summed E-state index contributed by atoms with van der Waals surface area (Å²) in [6, 6.07) is 2.17. The molecule has 6 nitrogen and oxygen atoms in total. The molecule has 3 aromatic heterocycles. The molecule has 142 valence electrons. The molecule has 0 N–H and O–H groups in total. The van der Waals surface area contributed by atoms with E-state index in [0.717, 1.165) is 31.2 Å². The van der Waals surface area contributed by atoms with E-state index >= 15 is 0 Å². The number of hydrogen-bond donors (Lipinski definition) is 0. The Morgan fingerprint density at radius 1 is 1.11 bits per heavy atom. The fourth-order valence-corrected chi connectivity index (χ4v) is 3.49. The third kappa shape index (κ3) is 3.22. The topological polar surface area (TPSA) is 59.2 Å². The first kappa shape index (κ1) is 17.7. The quantitative estimate of drug-likeness (QED) is 0.680. The van der Waals surface area contributed by atoms with Crippen molar-refractivity contribution in [3.8, 4) is 11.5 Å². The second-order valence-electron chi connectivity index (χ2n) is 6.93. The number of aromatic nitrogens is 5. The van der Waals surface area contributed by atoms with Crippen molar-refractivity contribution < 1.29 is 13.2 Å². The van der Waals surface area contributed by atoms with Crippen LogP contribution in [0.2, 0.25) is 0 Å². The Labute approximate surface area is 154 Å². The summed E-state index contributed by atoms with van der Waals surface area (Å²) >= 11 is 0. The first-order chi connectivity index (χ1) is 12.8. The minimum Gasteiger partial charge on any atom is -0.354 e. The molecule has 0 aliphatic carbocycles. The van der Waals surface area contributed by atoms with Gasteiger partial charge in [0.05, 0.1) is 12.4 Å². The molecule has 0 saturated carbocycles. The van der Waals surface area contributed by atoms with E-state index in [0.29, 0.717) is 29.1 Å². The fraction of sp³-hybridized carbons (Fsp3) is 0.444. The Hall–Kier alpha value is -2.71. The van der Waals surface area contributed by atoms with Gasteiger partial charge in [0, 0.05) is 25.0 Å². The minimum atomic E-state index is -4.53. The Morgan fingerprint density at radius 2 is 1.93 bits per heavy atom. The molecule has 1 fully saturated rings. The highest BCUT2D eigenvalue weighted by Crippen LogP contribution is 2.30. The van der Waals surface area contributed by atoms with Crippen molar-refractivity contribution in [3.63, 3.8) is 0 Å². The molecule has 0 bridgehead atoms. The predicted octanol–water partition coefficient (Wildman–Crippen LogP) is 3.83. The number of halogens is 3.